The van der Waals surface area contributed by atoms with Gasteiger partial charge in [-0.25, -0.2) is 9.67 Å². The van der Waals surface area contributed by atoms with Gasteiger partial charge in [0.1, 0.15) is 23.1 Å². The van der Waals surface area contributed by atoms with E-state index in [4.69, 9.17) is 11.0 Å². The van der Waals surface area contributed by atoms with Gasteiger partial charge in [0.2, 0.25) is 0 Å². The Balaban J connectivity index is 1.54. The minimum atomic E-state index is -0.293. The number of nitrogens with zero attached hydrogens (tertiary/aromatic N) is 4. The van der Waals surface area contributed by atoms with Crippen LogP contribution < -0.4 is 11.1 Å². The maximum Gasteiger partial charge on any atom is 0.274 e. The molecule has 3 N–H and O–H groups in total. The number of hydrogen-bond acceptors (Lipinski definition) is 5. The maximum absolute atomic E-state index is 12.5. The number of nitrogen functional groups attached to an aromatic ring is 1. The van der Waals surface area contributed by atoms with Crippen molar-refractivity contribution in [3.63, 3.8) is 0 Å². The Bertz CT molecular complexity index is 1190. The monoisotopic (exact) mass is 354 g/mol. The summed E-state index contributed by atoms with van der Waals surface area (Å²) in [4.78, 5) is 16.8. The molecule has 0 aliphatic rings. The summed E-state index contributed by atoms with van der Waals surface area (Å²) in [5, 5.41) is 16.9. The molecule has 0 fully saturated rings. The number of nitriles is 1. The molecule has 1 amide bonds. The van der Waals surface area contributed by atoms with E-state index >= 15 is 0 Å². The first kappa shape index (κ1) is 16.3. The fourth-order valence-electron chi connectivity index (χ4n) is 2.72. The van der Waals surface area contributed by atoms with Gasteiger partial charge in [-0.3, -0.25) is 4.79 Å². The average Bonchev–Trinajstić information content (AvgIpc) is 3.08. The molecule has 0 saturated carbocycles. The fraction of sp³-hybridized carbons (Fsp3) is 0. The van der Waals surface area contributed by atoms with Crippen LogP contribution in [0.2, 0.25) is 0 Å². The lowest BCUT2D eigenvalue weighted by atomic mass is 10.2. The van der Waals surface area contributed by atoms with Gasteiger partial charge < -0.3 is 11.1 Å². The van der Waals surface area contributed by atoms with Crippen molar-refractivity contribution in [2.75, 3.05) is 11.1 Å². The molecule has 130 valence electrons. The molecule has 27 heavy (non-hydrogen) atoms. The Morgan fingerprint density at radius 3 is 2.59 bits per heavy atom. The minimum absolute atomic E-state index is 0.273. The number of rotatable bonds is 3. The van der Waals surface area contributed by atoms with Gasteiger partial charge in [0, 0.05) is 11.1 Å². The number of carbonyl (C=O) groups is 1. The summed E-state index contributed by atoms with van der Waals surface area (Å²) in [6, 6.07) is 20.2. The highest BCUT2D eigenvalue weighted by molar-refractivity contribution is 6.04. The zero-order valence-electron chi connectivity index (χ0n) is 14.1. The number of para-hydroxylation sites is 1. The van der Waals surface area contributed by atoms with E-state index in [1.54, 1.807) is 30.3 Å². The van der Waals surface area contributed by atoms with Crippen LogP contribution in [0.5, 0.6) is 0 Å². The number of hydrogen-bond donors (Lipinski definition) is 2. The summed E-state index contributed by atoms with van der Waals surface area (Å²) in [6.45, 7) is 0. The molecule has 0 saturated heterocycles. The highest BCUT2D eigenvalue weighted by atomic mass is 16.1. The molecule has 0 aliphatic carbocycles. The molecule has 2 aromatic carbocycles. The van der Waals surface area contributed by atoms with Gasteiger partial charge in [-0.1, -0.05) is 24.3 Å². The van der Waals surface area contributed by atoms with E-state index in [0.29, 0.717) is 22.6 Å². The number of carbonyl (C=O) groups excluding carboxylic acids is 1. The summed E-state index contributed by atoms with van der Waals surface area (Å²) in [6.07, 6.45) is 1.41. The number of amides is 1. The lowest BCUT2D eigenvalue weighted by molar-refractivity contribution is 0.102. The second-order valence-electron chi connectivity index (χ2n) is 5.86. The first-order valence-corrected chi connectivity index (χ1v) is 8.17. The van der Waals surface area contributed by atoms with Crippen molar-refractivity contribution in [1.82, 2.24) is 14.8 Å². The van der Waals surface area contributed by atoms with Crippen molar-refractivity contribution in [2.24, 2.45) is 0 Å². The molecule has 7 nitrogen and oxygen atoms in total. The normalized spacial score (nSPS) is 10.5. The molecule has 4 aromatic rings. The highest BCUT2D eigenvalue weighted by Crippen LogP contribution is 2.19. The number of benzene rings is 2. The fourth-order valence-corrected chi connectivity index (χ4v) is 2.72. The van der Waals surface area contributed by atoms with Crippen LogP contribution in [0, 0.1) is 11.3 Å². The van der Waals surface area contributed by atoms with Gasteiger partial charge in [-0.05, 0) is 36.4 Å². The summed E-state index contributed by atoms with van der Waals surface area (Å²) in [5.41, 5.74) is 8.61. The lowest BCUT2D eigenvalue weighted by Gasteiger charge is -2.08. The van der Waals surface area contributed by atoms with Crippen LogP contribution in [0.4, 0.5) is 11.5 Å². The molecule has 0 bridgehead atoms. The maximum atomic E-state index is 12.5. The Hall–Kier alpha value is -4.18. The van der Waals surface area contributed by atoms with Crippen LogP contribution in [-0.2, 0) is 0 Å². The number of pyridine rings is 1. The summed E-state index contributed by atoms with van der Waals surface area (Å²) < 4.78 is 1.47. The second-order valence-corrected chi connectivity index (χ2v) is 5.86. The van der Waals surface area contributed by atoms with Crippen LogP contribution in [0.15, 0.2) is 66.9 Å². The van der Waals surface area contributed by atoms with Crippen molar-refractivity contribution in [1.29, 1.82) is 5.26 Å². The third-order valence-corrected chi connectivity index (χ3v) is 4.13. The van der Waals surface area contributed by atoms with E-state index in [1.807, 2.05) is 36.4 Å². The van der Waals surface area contributed by atoms with E-state index in [1.165, 1.54) is 10.9 Å². The Labute approximate surface area is 154 Å². The van der Waals surface area contributed by atoms with Crippen molar-refractivity contribution >= 4 is 28.3 Å². The largest absolute Gasteiger partial charge is 0.382 e. The van der Waals surface area contributed by atoms with Crippen LogP contribution in [0.1, 0.15) is 16.1 Å². The smallest absolute Gasteiger partial charge is 0.274 e. The summed E-state index contributed by atoms with van der Waals surface area (Å²) in [5.74, 6) is -0.0199. The molecule has 0 radical (unpaired) electrons. The standard InChI is InChI=1S/C20H14N6O/c21-11-14-12-23-26(19(14)22)16-8-6-15(7-9-16)24-20(27)18-10-5-13-3-1-2-4-17(13)25-18/h1-10,12H,22H2,(H,24,27). The number of nitrogens with one attached hydrogen (secondary N) is 1. The van der Waals surface area contributed by atoms with Crippen molar-refractivity contribution < 1.29 is 4.79 Å². The SMILES string of the molecule is N#Cc1cnn(-c2ccc(NC(=O)c3ccc4ccccc4n3)cc2)c1N. The molecule has 0 aliphatic heterocycles. The van der Waals surface area contributed by atoms with Crippen LogP contribution in [-0.4, -0.2) is 20.7 Å². The summed E-state index contributed by atoms with van der Waals surface area (Å²) in [7, 11) is 0. The topological polar surface area (TPSA) is 110 Å². The number of aromatic nitrogens is 3. The highest BCUT2D eigenvalue weighted by Gasteiger charge is 2.11. The van der Waals surface area contributed by atoms with Gasteiger partial charge in [0.15, 0.2) is 0 Å². The third-order valence-electron chi connectivity index (χ3n) is 4.13. The lowest BCUT2D eigenvalue weighted by Crippen LogP contribution is -2.13. The third kappa shape index (κ3) is 3.07. The van der Waals surface area contributed by atoms with Gasteiger partial charge in [0.25, 0.3) is 5.91 Å². The van der Waals surface area contributed by atoms with Gasteiger partial charge >= 0.3 is 0 Å². The Morgan fingerprint density at radius 2 is 1.85 bits per heavy atom. The van der Waals surface area contributed by atoms with E-state index < -0.39 is 0 Å². The van der Waals surface area contributed by atoms with Crippen LogP contribution >= 0.6 is 0 Å². The first-order valence-electron chi connectivity index (χ1n) is 8.17. The molecule has 0 unspecified atom stereocenters. The second kappa shape index (κ2) is 6.61. The Kier molecular flexibility index (Phi) is 3.99. The molecule has 4 rings (SSSR count). The molecule has 0 atom stereocenters. The number of fused-ring (bicyclic) bond motifs is 1. The molecular weight excluding hydrogens is 340 g/mol. The van der Waals surface area contributed by atoms with Crippen LogP contribution in [0.3, 0.4) is 0 Å². The average molecular weight is 354 g/mol. The summed E-state index contributed by atoms with van der Waals surface area (Å²) >= 11 is 0. The van der Waals surface area contributed by atoms with E-state index in [9.17, 15) is 4.79 Å². The number of anilines is 2. The Morgan fingerprint density at radius 1 is 1.07 bits per heavy atom. The molecular formula is C20H14N6O. The zero-order chi connectivity index (χ0) is 18.8. The number of nitrogens with two attached hydrogens (primary N) is 1. The van der Waals surface area contributed by atoms with Crippen molar-refractivity contribution in [3.05, 3.63) is 78.1 Å². The minimum Gasteiger partial charge on any atom is -0.382 e. The quantitative estimate of drug-likeness (QED) is 0.587. The van der Waals surface area contributed by atoms with Gasteiger partial charge in [-0.15, -0.1) is 0 Å². The zero-order valence-corrected chi connectivity index (χ0v) is 14.1. The predicted octanol–water partition coefficient (Wildman–Crippen LogP) is 3.13. The van der Waals surface area contributed by atoms with Gasteiger partial charge in [0.05, 0.1) is 17.4 Å². The van der Waals surface area contributed by atoms with Crippen LogP contribution in [0.25, 0.3) is 16.6 Å². The van der Waals surface area contributed by atoms with Crippen molar-refractivity contribution in [3.8, 4) is 11.8 Å². The predicted molar refractivity (Wildman–Crippen MR) is 102 cm³/mol. The van der Waals surface area contributed by atoms with Crippen molar-refractivity contribution in [2.45, 2.75) is 0 Å². The van der Waals surface area contributed by atoms with E-state index in [-0.39, 0.29) is 11.7 Å². The first-order chi connectivity index (χ1) is 13.2. The molecule has 0 spiro atoms. The van der Waals surface area contributed by atoms with Gasteiger partial charge in [-0.2, -0.15) is 10.4 Å². The van der Waals surface area contributed by atoms with E-state index in [2.05, 4.69) is 15.4 Å². The van der Waals surface area contributed by atoms with E-state index in [0.717, 1.165) is 10.9 Å². The molecule has 2 heterocycles. The molecule has 2 aromatic heterocycles. The molecule has 7 heteroatoms.